The van der Waals surface area contributed by atoms with Crippen LogP contribution < -0.4 is 10.5 Å². The quantitative estimate of drug-likeness (QED) is 0.533. The molecule has 0 unspecified atom stereocenters. The van der Waals surface area contributed by atoms with Gasteiger partial charge in [0.15, 0.2) is 19.9 Å². The van der Waals surface area contributed by atoms with E-state index in [1.165, 1.54) is 6.92 Å². The van der Waals surface area contributed by atoms with Gasteiger partial charge in [0.1, 0.15) is 5.60 Å². The molecular weight excluding hydrogens is 455 g/mol. The summed E-state index contributed by atoms with van der Waals surface area (Å²) in [7, 11) is -3.90. The standard InChI is InChI=1S/C21H25FN4O4S2/c1-20(29,10-27)15-9-13(22)18(31-15)32(23,30)26-19(28)25-16-11-3-2-4-14(11)24-17-12(16)5-6-21(17)7-8-21/h9,27,29H,2-8,10H2,1H3,(H3,23,24,25,26,28,30)/t20-,32-/m1/s1. The first-order valence-corrected chi connectivity index (χ1v) is 13.0. The minimum atomic E-state index is -3.90. The number of fused-ring (bicyclic) bond motifs is 3. The summed E-state index contributed by atoms with van der Waals surface area (Å²) in [5, 5.41) is 28.0. The first-order chi connectivity index (χ1) is 15.1. The Morgan fingerprint density at radius 3 is 2.81 bits per heavy atom. The summed E-state index contributed by atoms with van der Waals surface area (Å²) in [6, 6.07) is 0.0495. The van der Waals surface area contributed by atoms with Gasteiger partial charge in [-0.25, -0.2) is 18.5 Å². The number of hydrogen-bond acceptors (Lipinski definition) is 6. The Balaban J connectivity index is 1.49. The number of aromatic nitrogens is 1. The maximum absolute atomic E-state index is 14.5. The van der Waals surface area contributed by atoms with Gasteiger partial charge in [0, 0.05) is 16.0 Å². The molecule has 0 radical (unpaired) electrons. The Morgan fingerprint density at radius 1 is 1.38 bits per heavy atom. The third kappa shape index (κ3) is 3.47. The predicted octanol–water partition coefficient (Wildman–Crippen LogP) is 2.88. The van der Waals surface area contributed by atoms with E-state index in [0.29, 0.717) is 17.0 Å². The van der Waals surface area contributed by atoms with Crippen molar-refractivity contribution in [3.8, 4) is 0 Å². The predicted molar refractivity (Wildman–Crippen MR) is 118 cm³/mol. The van der Waals surface area contributed by atoms with Gasteiger partial charge in [0.2, 0.25) is 0 Å². The highest BCUT2D eigenvalue weighted by Gasteiger charge is 2.51. The van der Waals surface area contributed by atoms with E-state index < -0.39 is 38.2 Å². The molecule has 1 saturated carbocycles. The average molecular weight is 481 g/mol. The molecule has 2 heterocycles. The van der Waals surface area contributed by atoms with Gasteiger partial charge in [-0.3, -0.25) is 4.98 Å². The van der Waals surface area contributed by atoms with E-state index in [1.807, 2.05) is 0 Å². The van der Waals surface area contributed by atoms with Crippen molar-refractivity contribution in [3.63, 3.8) is 0 Å². The molecule has 0 aliphatic heterocycles. The summed E-state index contributed by atoms with van der Waals surface area (Å²) in [6.45, 7) is 0.636. The van der Waals surface area contributed by atoms with Gasteiger partial charge < -0.3 is 15.5 Å². The van der Waals surface area contributed by atoms with Crippen LogP contribution in [0.2, 0.25) is 0 Å². The largest absolute Gasteiger partial charge is 0.393 e. The van der Waals surface area contributed by atoms with Crippen molar-refractivity contribution in [1.82, 2.24) is 4.98 Å². The highest BCUT2D eigenvalue weighted by atomic mass is 32.2. The summed E-state index contributed by atoms with van der Waals surface area (Å²) < 4.78 is 30.6. The minimum absolute atomic E-state index is 0.0424. The second-order valence-corrected chi connectivity index (χ2v) is 12.2. The topological polar surface area (TPSA) is 138 Å². The van der Waals surface area contributed by atoms with Crippen LogP contribution >= 0.6 is 11.3 Å². The maximum Gasteiger partial charge on any atom is 0.354 e. The van der Waals surface area contributed by atoms with Gasteiger partial charge in [-0.1, -0.05) is 0 Å². The van der Waals surface area contributed by atoms with Gasteiger partial charge in [-0.15, -0.1) is 15.7 Å². The Labute approximate surface area is 189 Å². The lowest BCUT2D eigenvalue weighted by Crippen LogP contribution is -2.24. The molecule has 1 spiro atoms. The fourth-order valence-corrected chi connectivity index (χ4v) is 7.14. The number of aliphatic hydroxyl groups is 2. The summed E-state index contributed by atoms with van der Waals surface area (Å²) in [5.41, 5.74) is 3.22. The van der Waals surface area contributed by atoms with Gasteiger partial charge in [0.25, 0.3) is 0 Å². The third-order valence-corrected chi connectivity index (χ3v) is 10.0. The van der Waals surface area contributed by atoms with Crippen LogP contribution in [0.3, 0.4) is 0 Å². The van der Waals surface area contributed by atoms with Crippen LogP contribution in [-0.2, 0) is 40.2 Å². The molecule has 2 atom stereocenters. The van der Waals surface area contributed by atoms with Gasteiger partial charge in [-0.05, 0) is 69.1 Å². The Hall–Kier alpha value is -1.92. The van der Waals surface area contributed by atoms with E-state index in [4.69, 9.17) is 10.1 Å². The van der Waals surface area contributed by atoms with Gasteiger partial charge in [0.05, 0.1) is 18.0 Å². The second kappa shape index (κ2) is 7.29. The number of pyridine rings is 1. The number of halogens is 1. The fraction of sp³-hybridized carbons (Fsp3) is 0.524. The molecule has 8 nitrogen and oxygen atoms in total. The van der Waals surface area contributed by atoms with Crippen LogP contribution in [0.5, 0.6) is 0 Å². The number of aliphatic hydroxyl groups excluding tert-OH is 1. The van der Waals surface area contributed by atoms with Crippen molar-refractivity contribution in [1.29, 1.82) is 0 Å². The fourth-order valence-electron chi connectivity index (χ4n) is 4.77. The van der Waals surface area contributed by atoms with E-state index in [-0.39, 0.29) is 10.3 Å². The summed E-state index contributed by atoms with van der Waals surface area (Å²) >= 11 is 0.625. The van der Waals surface area contributed by atoms with E-state index in [9.17, 15) is 23.6 Å². The number of anilines is 1. The normalized spacial score (nSPS) is 21.5. The van der Waals surface area contributed by atoms with Crippen LogP contribution in [0.1, 0.15) is 60.0 Å². The monoisotopic (exact) mass is 480 g/mol. The van der Waals surface area contributed by atoms with Crippen molar-refractivity contribution >= 4 is 33.0 Å². The number of urea groups is 1. The molecule has 3 aliphatic carbocycles. The molecular formula is C21H25FN4O4S2. The number of nitrogens with two attached hydrogens (primary N) is 1. The molecule has 0 bridgehead atoms. The lowest BCUT2D eigenvalue weighted by atomic mass is 10.0. The zero-order chi connectivity index (χ0) is 22.9. The number of thiophene rings is 1. The minimum Gasteiger partial charge on any atom is -0.393 e. The Morgan fingerprint density at radius 2 is 2.12 bits per heavy atom. The molecule has 1 fully saturated rings. The highest BCUT2D eigenvalue weighted by Crippen LogP contribution is 2.58. The number of carbonyl (C=O) groups excluding carboxylic acids is 1. The third-order valence-electron chi connectivity index (χ3n) is 6.74. The molecule has 2 aromatic rings. The number of aryl methyl sites for hydroxylation is 1. The van der Waals surface area contributed by atoms with E-state index in [0.717, 1.165) is 73.5 Å². The van der Waals surface area contributed by atoms with Gasteiger partial charge in [-0.2, -0.15) is 0 Å². The second-order valence-electron chi connectivity index (χ2n) is 9.14. The highest BCUT2D eigenvalue weighted by molar-refractivity contribution is 7.93. The van der Waals surface area contributed by atoms with Crippen molar-refractivity contribution in [3.05, 3.63) is 39.3 Å². The number of amides is 2. The van der Waals surface area contributed by atoms with Crippen molar-refractivity contribution in [2.45, 2.75) is 67.1 Å². The van der Waals surface area contributed by atoms with Crippen molar-refractivity contribution < 1.29 is 23.6 Å². The number of rotatable bonds is 4. The molecule has 3 aliphatic rings. The van der Waals surface area contributed by atoms with Crippen LogP contribution in [0.15, 0.2) is 14.6 Å². The molecule has 0 saturated heterocycles. The molecule has 172 valence electrons. The Kier molecular flexibility index (Phi) is 4.99. The van der Waals surface area contributed by atoms with E-state index >= 15 is 0 Å². The SMILES string of the molecule is C[C@@](O)(CO)c1cc(F)c([S@](N)(=O)=NC(=O)Nc2c3c(nc4c2CCC42CC2)CCC3)s1. The number of nitrogens with one attached hydrogen (secondary N) is 1. The molecule has 32 heavy (non-hydrogen) atoms. The number of nitrogens with zero attached hydrogens (tertiary/aromatic N) is 2. The first kappa shape index (κ1) is 21.9. The lowest BCUT2D eigenvalue weighted by molar-refractivity contribution is 0.000654. The van der Waals surface area contributed by atoms with Crippen molar-refractivity contribution in [2.24, 2.45) is 9.50 Å². The lowest BCUT2D eigenvalue weighted by Gasteiger charge is -2.17. The van der Waals surface area contributed by atoms with E-state index in [2.05, 4.69) is 9.68 Å². The maximum atomic E-state index is 14.5. The smallest absolute Gasteiger partial charge is 0.354 e. The summed E-state index contributed by atoms with van der Waals surface area (Å²) in [4.78, 5) is 17.8. The molecule has 5 N–H and O–H groups in total. The van der Waals surface area contributed by atoms with Crippen LogP contribution in [0, 0.1) is 5.82 Å². The van der Waals surface area contributed by atoms with Crippen LogP contribution in [-0.4, -0.2) is 32.0 Å². The first-order valence-electron chi connectivity index (χ1n) is 10.6. The zero-order valence-corrected chi connectivity index (χ0v) is 19.2. The zero-order valence-electron chi connectivity index (χ0n) is 17.6. The molecule has 2 amide bonds. The average Bonchev–Trinajstić information content (AvgIpc) is 3.03. The summed E-state index contributed by atoms with van der Waals surface area (Å²) in [5.74, 6) is -0.941. The van der Waals surface area contributed by atoms with Crippen LogP contribution in [0.4, 0.5) is 14.9 Å². The van der Waals surface area contributed by atoms with Crippen molar-refractivity contribution in [2.75, 3.05) is 11.9 Å². The molecule has 0 aromatic carbocycles. The van der Waals surface area contributed by atoms with E-state index in [1.54, 1.807) is 0 Å². The molecule has 11 heteroatoms. The number of carbonyl (C=O) groups is 1. The van der Waals surface area contributed by atoms with Gasteiger partial charge >= 0.3 is 6.03 Å². The number of hydrogen-bond donors (Lipinski definition) is 4. The molecule has 2 aromatic heterocycles. The summed E-state index contributed by atoms with van der Waals surface area (Å²) in [6.07, 6.45) is 6.67. The Bertz CT molecular complexity index is 1260. The van der Waals surface area contributed by atoms with Crippen LogP contribution in [0.25, 0.3) is 0 Å². The molecule has 5 rings (SSSR count).